The number of hydrogen-bond acceptors (Lipinski definition) is 1. The summed E-state index contributed by atoms with van der Waals surface area (Å²) < 4.78 is 0. The average molecular weight is 179 g/mol. The highest BCUT2D eigenvalue weighted by Gasteiger charge is 2.24. The van der Waals surface area contributed by atoms with E-state index in [1.807, 2.05) is 0 Å². The Morgan fingerprint density at radius 2 is 1.54 bits per heavy atom. The van der Waals surface area contributed by atoms with E-state index in [4.69, 9.17) is 0 Å². The van der Waals surface area contributed by atoms with Crippen LogP contribution in [0.4, 0.5) is 0 Å². The molecule has 0 atom stereocenters. The Hall–Kier alpha value is -0.300. The summed E-state index contributed by atoms with van der Waals surface area (Å²) in [4.78, 5) is 2.64. The summed E-state index contributed by atoms with van der Waals surface area (Å²) in [6.07, 6.45) is 14.5. The zero-order valence-electron chi connectivity index (χ0n) is 8.71. The predicted octanol–water partition coefficient (Wildman–Crippen LogP) is 2.97. The molecular weight excluding hydrogens is 158 g/mol. The van der Waals surface area contributed by atoms with Gasteiger partial charge >= 0.3 is 0 Å². The van der Waals surface area contributed by atoms with E-state index < -0.39 is 0 Å². The summed E-state index contributed by atoms with van der Waals surface area (Å²) in [7, 11) is 2.33. The zero-order chi connectivity index (χ0) is 9.10. The Bertz CT molecular complexity index is 172. The van der Waals surface area contributed by atoms with E-state index in [9.17, 15) is 0 Å². The second kappa shape index (κ2) is 4.28. The normalized spacial score (nSPS) is 26.0. The second-order valence-corrected chi connectivity index (χ2v) is 4.55. The Morgan fingerprint density at radius 3 is 2.15 bits per heavy atom. The molecule has 2 aliphatic carbocycles. The van der Waals surface area contributed by atoms with Crippen LogP contribution in [0.5, 0.6) is 0 Å². The van der Waals surface area contributed by atoms with Crippen molar-refractivity contribution in [2.45, 2.75) is 57.0 Å². The maximum Gasteiger partial charge on any atom is 0.0164 e. The third-order valence-corrected chi connectivity index (χ3v) is 3.71. The van der Waals surface area contributed by atoms with Gasteiger partial charge in [0.25, 0.3) is 0 Å². The van der Waals surface area contributed by atoms with E-state index in [1.165, 1.54) is 44.9 Å². The topological polar surface area (TPSA) is 3.24 Å². The summed E-state index contributed by atoms with van der Waals surface area (Å²) in [5, 5.41) is 0. The molecule has 2 aliphatic rings. The van der Waals surface area contributed by atoms with Crippen LogP contribution in [0, 0.1) is 0 Å². The lowest BCUT2D eigenvalue weighted by Gasteiger charge is -2.35. The van der Waals surface area contributed by atoms with Gasteiger partial charge in [0, 0.05) is 12.1 Å². The molecule has 1 nitrogen and oxygen atoms in total. The molecule has 0 unspecified atom stereocenters. The fourth-order valence-corrected chi connectivity index (χ4v) is 2.72. The quantitative estimate of drug-likeness (QED) is 0.589. The molecule has 0 spiro atoms. The van der Waals surface area contributed by atoms with Crippen LogP contribution in [0.3, 0.4) is 0 Å². The average Bonchev–Trinajstić information content (AvgIpc) is 2.71. The van der Waals surface area contributed by atoms with Crippen molar-refractivity contribution in [2.75, 3.05) is 7.05 Å². The van der Waals surface area contributed by atoms with Crippen molar-refractivity contribution < 1.29 is 0 Å². The molecule has 0 radical (unpaired) electrons. The molecule has 0 aliphatic heterocycles. The number of rotatable bonds is 2. The van der Waals surface area contributed by atoms with Gasteiger partial charge in [0.15, 0.2) is 0 Å². The number of hydrogen-bond donors (Lipinski definition) is 0. The van der Waals surface area contributed by atoms with Crippen molar-refractivity contribution in [3.05, 3.63) is 12.2 Å². The third-order valence-electron chi connectivity index (χ3n) is 3.71. The van der Waals surface area contributed by atoms with E-state index >= 15 is 0 Å². The lowest BCUT2D eigenvalue weighted by atomic mass is 9.93. The van der Waals surface area contributed by atoms with Crippen LogP contribution in [0.2, 0.25) is 0 Å². The minimum absolute atomic E-state index is 0.822. The lowest BCUT2D eigenvalue weighted by molar-refractivity contribution is 0.142. The Morgan fingerprint density at radius 1 is 0.923 bits per heavy atom. The number of nitrogens with zero attached hydrogens (tertiary/aromatic N) is 1. The third kappa shape index (κ3) is 2.14. The van der Waals surface area contributed by atoms with Crippen molar-refractivity contribution in [3.63, 3.8) is 0 Å². The van der Waals surface area contributed by atoms with Crippen LogP contribution in [0.15, 0.2) is 12.2 Å². The maximum absolute atomic E-state index is 2.64. The SMILES string of the molecule is CN(C1CC=CC1)C1CCCCC1. The first kappa shape index (κ1) is 9.26. The molecule has 0 aromatic heterocycles. The molecule has 74 valence electrons. The summed E-state index contributed by atoms with van der Waals surface area (Å²) >= 11 is 0. The summed E-state index contributed by atoms with van der Waals surface area (Å²) in [6, 6.07) is 1.71. The van der Waals surface area contributed by atoms with Gasteiger partial charge in [0.05, 0.1) is 0 Å². The minimum atomic E-state index is 0.822. The molecule has 1 saturated carbocycles. The highest BCUT2D eigenvalue weighted by Crippen LogP contribution is 2.26. The standard InChI is InChI=1S/C12H21N/c1-13(12-9-5-6-10-12)11-7-3-2-4-8-11/h5-6,11-12H,2-4,7-10H2,1H3. The Balaban J connectivity index is 1.84. The molecule has 0 heterocycles. The molecular formula is C12H21N. The van der Waals surface area contributed by atoms with Crippen molar-refractivity contribution in [1.82, 2.24) is 4.90 Å². The fourth-order valence-electron chi connectivity index (χ4n) is 2.72. The van der Waals surface area contributed by atoms with E-state index in [-0.39, 0.29) is 0 Å². The molecule has 0 aromatic rings. The molecule has 0 N–H and O–H groups in total. The monoisotopic (exact) mass is 179 g/mol. The zero-order valence-corrected chi connectivity index (χ0v) is 8.71. The molecule has 0 bridgehead atoms. The van der Waals surface area contributed by atoms with Gasteiger partial charge in [-0.3, -0.25) is 4.90 Å². The van der Waals surface area contributed by atoms with Gasteiger partial charge in [-0.15, -0.1) is 0 Å². The Kier molecular flexibility index (Phi) is 3.05. The van der Waals surface area contributed by atoms with Crippen LogP contribution in [-0.2, 0) is 0 Å². The molecule has 2 rings (SSSR count). The van der Waals surface area contributed by atoms with Crippen LogP contribution in [-0.4, -0.2) is 24.0 Å². The van der Waals surface area contributed by atoms with Crippen LogP contribution in [0.1, 0.15) is 44.9 Å². The van der Waals surface area contributed by atoms with Gasteiger partial charge in [-0.25, -0.2) is 0 Å². The fraction of sp³-hybridized carbons (Fsp3) is 0.833. The van der Waals surface area contributed by atoms with Gasteiger partial charge in [-0.1, -0.05) is 31.4 Å². The van der Waals surface area contributed by atoms with Gasteiger partial charge < -0.3 is 0 Å². The molecule has 0 saturated heterocycles. The van der Waals surface area contributed by atoms with Crippen LogP contribution < -0.4 is 0 Å². The molecule has 1 fully saturated rings. The van der Waals surface area contributed by atoms with E-state index in [0.717, 1.165) is 12.1 Å². The van der Waals surface area contributed by atoms with Gasteiger partial charge in [0.2, 0.25) is 0 Å². The first-order valence-electron chi connectivity index (χ1n) is 5.75. The first-order chi connectivity index (χ1) is 6.38. The summed E-state index contributed by atoms with van der Waals surface area (Å²) in [6.45, 7) is 0. The maximum atomic E-state index is 2.64. The van der Waals surface area contributed by atoms with Crippen molar-refractivity contribution in [3.8, 4) is 0 Å². The van der Waals surface area contributed by atoms with Gasteiger partial charge in [0.1, 0.15) is 0 Å². The van der Waals surface area contributed by atoms with E-state index in [1.54, 1.807) is 0 Å². The van der Waals surface area contributed by atoms with Crippen LogP contribution >= 0.6 is 0 Å². The highest BCUT2D eigenvalue weighted by atomic mass is 15.2. The molecule has 1 heteroatoms. The van der Waals surface area contributed by atoms with Gasteiger partial charge in [-0.05, 0) is 32.7 Å². The minimum Gasteiger partial charge on any atom is -0.300 e. The van der Waals surface area contributed by atoms with Crippen LogP contribution in [0.25, 0.3) is 0 Å². The second-order valence-electron chi connectivity index (χ2n) is 4.55. The van der Waals surface area contributed by atoms with E-state index in [2.05, 4.69) is 24.1 Å². The van der Waals surface area contributed by atoms with Crippen molar-refractivity contribution >= 4 is 0 Å². The first-order valence-corrected chi connectivity index (χ1v) is 5.75. The van der Waals surface area contributed by atoms with Crippen molar-refractivity contribution in [2.24, 2.45) is 0 Å². The summed E-state index contributed by atoms with van der Waals surface area (Å²) in [5.41, 5.74) is 0. The Labute approximate surface area is 81.8 Å². The molecule has 0 amide bonds. The van der Waals surface area contributed by atoms with Gasteiger partial charge in [-0.2, -0.15) is 0 Å². The highest BCUT2D eigenvalue weighted by molar-refractivity contribution is 4.99. The van der Waals surface area contributed by atoms with Crippen molar-refractivity contribution in [1.29, 1.82) is 0 Å². The largest absolute Gasteiger partial charge is 0.300 e. The lowest BCUT2D eigenvalue weighted by Crippen LogP contribution is -2.40. The molecule has 0 aromatic carbocycles. The smallest absolute Gasteiger partial charge is 0.0164 e. The van der Waals surface area contributed by atoms with E-state index in [0.29, 0.717) is 0 Å². The summed E-state index contributed by atoms with van der Waals surface area (Å²) in [5.74, 6) is 0. The predicted molar refractivity (Wildman–Crippen MR) is 56.8 cm³/mol. The molecule has 13 heavy (non-hydrogen) atoms.